The van der Waals surface area contributed by atoms with Crippen LogP contribution in [0.4, 0.5) is 5.95 Å². The first kappa shape index (κ1) is 23.9. The first-order chi connectivity index (χ1) is 16.3. The molecule has 1 aromatic carbocycles. The van der Waals surface area contributed by atoms with E-state index in [-0.39, 0.29) is 30.8 Å². The van der Waals surface area contributed by atoms with E-state index in [0.29, 0.717) is 11.2 Å². The number of carbonyl (C=O) groups is 1. The largest absolute Gasteiger partial charge is 0.480 e. The number of hydrogen-bond acceptors (Lipinski definition) is 11. The molecule has 3 heterocycles. The number of carboxylic acids is 1. The molecule has 182 valence electrons. The molecule has 14 nitrogen and oxygen atoms in total. The fourth-order valence-electron chi connectivity index (χ4n) is 3.10. The number of fused-ring (bicyclic) bond motifs is 1. The molecular weight excluding hydrogens is 471 g/mol. The van der Waals surface area contributed by atoms with Gasteiger partial charge in [0.15, 0.2) is 23.7 Å². The lowest BCUT2D eigenvalue weighted by molar-refractivity contribution is -0.138. The molecule has 4 atom stereocenters. The number of rotatable bonds is 10. The summed E-state index contributed by atoms with van der Waals surface area (Å²) in [5.74, 6) is -0.768. The third-order valence-electron chi connectivity index (χ3n) is 4.72. The van der Waals surface area contributed by atoms with E-state index in [1.165, 1.54) is 20.4 Å². The van der Waals surface area contributed by atoms with Crippen LogP contribution in [0.15, 0.2) is 36.7 Å². The van der Waals surface area contributed by atoms with Gasteiger partial charge in [0.05, 0.1) is 20.0 Å². The number of benzene rings is 1. The van der Waals surface area contributed by atoms with Crippen molar-refractivity contribution in [3.05, 3.63) is 36.7 Å². The number of nitrogens with one attached hydrogen (secondary N) is 1. The van der Waals surface area contributed by atoms with E-state index in [4.69, 9.17) is 29.0 Å². The summed E-state index contributed by atoms with van der Waals surface area (Å²) in [6.07, 6.45) is -0.0889. The highest BCUT2D eigenvalue weighted by Crippen LogP contribution is 2.45. The second-order valence-electron chi connectivity index (χ2n) is 7.16. The van der Waals surface area contributed by atoms with Gasteiger partial charge in [0, 0.05) is 0 Å². The molecule has 34 heavy (non-hydrogen) atoms. The number of nitrogens with zero attached hydrogens (tertiary/aromatic N) is 4. The van der Waals surface area contributed by atoms with E-state index in [0.717, 1.165) is 0 Å². The first-order valence-electron chi connectivity index (χ1n) is 10.1. The maximum absolute atomic E-state index is 13.3. The molecule has 2 aromatic heterocycles. The Bertz CT molecular complexity index is 1210. The van der Waals surface area contributed by atoms with E-state index in [1.54, 1.807) is 34.9 Å². The lowest BCUT2D eigenvalue weighted by Crippen LogP contribution is -2.34. The molecule has 4 N–H and O–H groups in total. The zero-order chi connectivity index (χ0) is 24.3. The van der Waals surface area contributed by atoms with Crippen molar-refractivity contribution in [2.24, 2.45) is 0 Å². The molecule has 0 spiro atoms. The van der Waals surface area contributed by atoms with Crippen LogP contribution in [0.1, 0.15) is 13.2 Å². The number of methoxy groups -OCH3 is 1. The molecule has 0 radical (unpaired) electrons. The summed E-state index contributed by atoms with van der Waals surface area (Å²) in [7, 11) is -2.66. The van der Waals surface area contributed by atoms with Crippen LogP contribution >= 0.6 is 7.75 Å². The number of para-hydroxylation sites is 1. The highest BCUT2D eigenvalue weighted by Gasteiger charge is 2.36. The third kappa shape index (κ3) is 5.26. The molecule has 0 bridgehead atoms. The topological polar surface area (TPSA) is 182 Å². The van der Waals surface area contributed by atoms with Crippen LogP contribution in [0.25, 0.3) is 11.2 Å². The molecule has 0 amide bonds. The summed E-state index contributed by atoms with van der Waals surface area (Å²) < 4.78 is 42.4. The molecule has 0 saturated carbocycles. The van der Waals surface area contributed by atoms with E-state index in [2.05, 4.69) is 20.0 Å². The quantitative estimate of drug-likeness (QED) is 0.346. The van der Waals surface area contributed by atoms with Crippen molar-refractivity contribution in [2.45, 2.75) is 25.5 Å². The number of ether oxygens (including phenoxy) is 3. The summed E-state index contributed by atoms with van der Waals surface area (Å²) in [4.78, 5) is 23.7. The third-order valence-corrected chi connectivity index (χ3v) is 6.36. The number of hydrogen-bond donors (Lipinski definition) is 3. The van der Waals surface area contributed by atoms with Crippen LogP contribution < -0.4 is 20.1 Å². The minimum atomic E-state index is -4.10. The van der Waals surface area contributed by atoms with Crippen molar-refractivity contribution in [2.75, 3.05) is 26.1 Å². The van der Waals surface area contributed by atoms with Gasteiger partial charge in [-0.2, -0.15) is 15.1 Å². The molecule has 1 aliphatic rings. The average molecular weight is 494 g/mol. The second-order valence-corrected chi connectivity index (χ2v) is 8.85. The van der Waals surface area contributed by atoms with E-state index < -0.39 is 32.3 Å². The van der Waals surface area contributed by atoms with E-state index >= 15 is 0 Å². The molecule has 2 unspecified atom stereocenters. The second kappa shape index (κ2) is 9.91. The summed E-state index contributed by atoms with van der Waals surface area (Å²) in [6.45, 7) is 1.11. The van der Waals surface area contributed by atoms with Crippen molar-refractivity contribution >= 4 is 30.8 Å². The summed E-state index contributed by atoms with van der Waals surface area (Å²) in [6, 6.07) is 7.02. The summed E-state index contributed by atoms with van der Waals surface area (Å²) in [5.41, 5.74) is 6.52. The van der Waals surface area contributed by atoms with E-state index in [9.17, 15) is 14.5 Å². The Labute approximate surface area is 193 Å². The van der Waals surface area contributed by atoms with Crippen LogP contribution in [0.5, 0.6) is 11.6 Å². The number of imidazole rings is 1. The predicted molar refractivity (Wildman–Crippen MR) is 117 cm³/mol. The van der Waals surface area contributed by atoms with Crippen LogP contribution in [0, 0.1) is 0 Å². The van der Waals surface area contributed by atoms with E-state index in [1.807, 2.05) is 0 Å². The lowest BCUT2D eigenvalue weighted by atomic mass is 10.3. The Hall–Kier alpha value is -3.29. The number of nitrogen functional groups attached to an aromatic ring is 1. The van der Waals surface area contributed by atoms with Gasteiger partial charge < -0.3 is 29.6 Å². The highest BCUT2D eigenvalue weighted by atomic mass is 31.2. The summed E-state index contributed by atoms with van der Waals surface area (Å²) >= 11 is 0. The van der Waals surface area contributed by atoms with Crippen molar-refractivity contribution in [3.8, 4) is 11.6 Å². The molecule has 1 aliphatic heterocycles. The molecule has 1 saturated heterocycles. The predicted octanol–water partition coefficient (Wildman–Crippen LogP) is 1.55. The minimum absolute atomic E-state index is 0.00234. The smallest absolute Gasteiger partial charge is 0.459 e. The number of anilines is 1. The maximum Gasteiger partial charge on any atom is 0.459 e. The standard InChI is InChI=1S/C19H23N6O8P/c1-11(18(26)27)24-34(28,33-12-6-4-3-5-7-12)31-9-14-30-8-13(32-14)25-10-21-15-16(25)22-19(20)23-17(15)29-2/h3-7,10-11,13-14H,8-9H2,1-2H3,(H,24,28)(H,26,27)(H2,20,22,23)/t11?,13-,14-,34?/m1/s1. The van der Waals surface area contributed by atoms with Crippen LogP contribution in [-0.4, -0.2) is 63.3 Å². The van der Waals surface area contributed by atoms with Gasteiger partial charge in [0.2, 0.25) is 11.8 Å². The van der Waals surface area contributed by atoms with Crippen molar-refractivity contribution < 1.29 is 37.7 Å². The van der Waals surface area contributed by atoms with Gasteiger partial charge in [0.1, 0.15) is 18.4 Å². The number of nitrogens with two attached hydrogens (primary N) is 1. The normalized spacial score (nSPS) is 20.6. The van der Waals surface area contributed by atoms with Crippen molar-refractivity contribution in [1.82, 2.24) is 24.6 Å². The number of aromatic nitrogens is 4. The van der Waals surface area contributed by atoms with Gasteiger partial charge in [0.25, 0.3) is 0 Å². The van der Waals surface area contributed by atoms with Crippen molar-refractivity contribution in [1.29, 1.82) is 0 Å². The van der Waals surface area contributed by atoms with Gasteiger partial charge in [-0.3, -0.25) is 13.9 Å². The Balaban J connectivity index is 1.45. The van der Waals surface area contributed by atoms with Gasteiger partial charge in [-0.1, -0.05) is 18.2 Å². The van der Waals surface area contributed by atoms with Crippen molar-refractivity contribution in [3.63, 3.8) is 0 Å². The molecule has 4 rings (SSSR count). The monoisotopic (exact) mass is 494 g/mol. The Morgan fingerprint density at radius 1 is 1.38 bits per heavy atom. The zero-order valence-corrected chi connectivity index (χ0v) is 19.1. The number of carboxylic acid groups (broad SMARTS) is 1. The van der Waals surface area contributed by atoms with Gasteiger partial charge >= 0.3 is 13.7 Å². The zero-order valence-electron chi connectivity index (χ0n) is 18.2. The average Bonchev–Trinajstić information content (AvgIpc) is 3.44. The summed E-state index contributed by atoms with van der Waals surface area (Å²) in [5, 5.41) is 11.6. The molecule has 1 fully saturated rings. The molecule has 3 aromatic rings. The maximum atomic E-state index is 13.3. The number of aliphatic carboxylic acids is 1. The Morgan fingerprint density at radius 2 is 2.15 bits per heavy atom. The first-order valence-corrected chi connectivity index (χ1v) is 11.6. The molecular formula is C19H23N6O8P. The van der Waals surface area contributed by atoms with Crippen LogP contribution in [0.2, 0.25) is 0 Å². The fraction of sp³-hybridized carbons (Fsp3) is 0.368. The molecule has 0 aliphatic carbocycles. The van der Waals surface area contributed by atoms with Gasteiger partial charge in [-0.15, -0.1) is 0 Å². The minimum Gasteiger partial charge on any atom is -0.480 e. The SMILES string of the molecule is COc1nc(N)nc2c1ncn2[C@H]1CO[C@@H](COP(=O)(NC(C)C(=O)O)Oc2ccccc2)O1. The van der Waals surface area contributed by atoms with Crippen LogP contribution in [-0.2, 0) is 23.4 Å². The van der Waals surface area contributed by atoms with Gasteiger partial charge in [-0.05, 0) is 19.1 Å². The van der Waals surface area contributed by atoms with Crippen LogP contribution in [0.3, 0.4) is 0 Å². The van der Waals surface area contributed by atoms with Gasteiger partial charge in [-0.25, -0.2) is 9.55 Å². The Kier molecular flexibility index (Phi) is 6.95. The Morgan fingerprint density at radius 3 is 2.85 bits per heavy atom. The highest BCUT2D eigenvalue weighted by molar-refractivity contribution is 7.52. The lowest BCUT2D eigenvalue weighted by Gasteiger charge is -2.23. The molecule has 15 heteroatoms. The fourth-order valence-corrected chi connectivity index (χ4v) is 4.58.